The predicted octanol–water partition coefficient (Wildman–Crippen LogP) is 31.5. The van der Waals surface area contributed by atoms with Gasteiger partial charge >= 0.3 is 6.18 Å². The van der Waals surface area contributed by atoms with Crippen LogP contribution in [-0.2, 0) is 33.0 Å². The van der Waals surface area contributed by atoms with Gasteiger partial charge in [0.1, 0.15) is 27.0 Å². The van der Waals surface area contributed by atoms with Gasteiger partial charge in [-0.3, -0.25) is 9.11 Å². The number of methoxy groups -OCH3 is 1. The van der Waals surface area contributed by atoms with E-state index in [2.05, 4.69) is 77.9 Å². The molecule has 14 aromatic rings. The molecule has 10 nitrogen and oxygen atoms in total. The van der Waals surface area contributed by atoms with Crippen molar-refractivity contribution in [3.63, 3.8) is 0 Å². The second-order valence-electron chi connectivity index (χ2n) is 32.4. The summed E-state index contributed by atoms with van der Waals surface area (Å²) in [6.45, 7) is 34.9. The second kappa shape index (κ2) is 44.7. The van der Waals surface area contributed by atoms with Gasteiger partial charge in [0.05, 0.1) is 30.4 Å². The summed E-state index contributed by atoms with van der Waals surface area (Å²) in [5.41, 5.74) is 21.4. The lowest BCUT2D eigenvalue weighted by Crippen LogP contribution is -2.09. The minimum Gasteiger partial charge on any atom is -0.508 e. The van der Waals surface area contributed by atoms with Crippen molar-refractivity contribution < 1.29 is 94.3 Å². The van der Waals surface area contributed by atoms with Gasteiger partial charge in [0.25, 0.3) is 20.2 Å². The molecule has 0 bridgehead atoms. The number of aryl methyl sites for hydroxylation is 15. The van der Waals surface area contributed by atoms with Gasteiger partial charge in [0, 0.05) is 53.5 Å². The topological polar surface area (TPSA) is 179 Å². The molecule has 0 aliphatic carbocycles. The Labute approximate surface area is 789 Å². The monoisotopic (exact) mass is 1940 g/mol. The number of ether oxygens (including phenoxy) is 1. The Balaban J connectivity index is 0.000000191. The lowest BCUT2D eigenvalue weighted by Gasteiger charge is -2.16. The molecule has 0 aromatic heterocycles. The van der Waals surface area contributed by atoms with Gasteiger partial charge in [0.2, 0.25) is 0 Å². The van der Waals surface area contributed by atoms with Crippen LogP contribution in [0.2, 0.25) is 20.1 Å². The van der Waals surface area contributed by atoms with Crippen molar-refractivity contribution in [3.8, 4) is 95.1 Å². The van der Waals surface area contributed by atoms with Crippen molar-refractivity contribution in [2.75, 3.05) is 7.11 Å². The van der Waals surface area contributed by atoms with Crippen LogP contribution in [0.1, 0.15) is 117 Å². The Hall–Kier alpha value is -11.4. The largest absolute Gasteiger partial charge is 0.508 e. The van der Waals surface area contributed by atoms with Crippen LogP contribution in [0.3, 0.4) is 0 Å². The van der Waals surface area contributed by atoms with E-state index < -0.39 is 111 Å². The maximum Gasteiger partial charge on any atom is 0.417 e. The molecule has 0 fully saturated rings. The van der Waals surface area contributed by atoms with Crippen LogP contribution < -0.4 is 4.74 Å². The molecule has 0 aliphatic rings. The zero-order valence-corrected chi connectivity index (χ0v) is 81.1. The van der Waals surface area contributed by atoms with E-state index in [1.165, 1.54) is 74.8 Å². The summed E-state index contributed by atoms with van der Waals surface area (Å²) in [6.07, 6.45) is -4.33. The zero-order chi connectivity index (χ0) is 99.6. The molecule has 0 saturated heterocycles. The first-order valence-corrected chi connectivity index (χ1v) is 45.4. The van der Waals surface area contributed by atoms with Crippen LogP contribution in [0, 0.1) is 178 Å². The number of benzene rings is 14. The van der Waals surface area contributed by atoms with Crippen LogP contribution in [0.4, 0.5) is 48.3 Å². The molecule has 0 atom stereocenters. The molecular weight excluding hydrogens is 1850 g/mol. The Morgan fingerprint density at radius 2 is 0.609 bits per heavy atom. The van der Waals surface area contributed by atoms with Gasteiger partial charge in [-0.1, -0.05) is 185 Å². The number of hydrogen-bond donors (Lipinski definition) is 5. The van der Waals surface area contributed by atoms with Crippen molar-refractivity contribution in [2.24, 2.45) is 0 Å². The Morgan fingerprint density at radius 1 is 0.293 bits per heavy atom. The summed E-state index contributed by atoms with van der Waals surface area (Å²) in [5, 5.41) is 31.1. The SMILES string of the molecule is COc1cc(-c2ccc(C)c(CO)c2)ccc1C.Cc1c(F)c(F)c(-c2c(F)c(F)c(C)c(F)c2F)c(F)c1F.Cc1cc(-c2cc(C)c(C)c(C)c2)cc(C)c1C.Cc1cc(Cl)c(-c2cc(Cl)c(C)cc2Cl)cc1Cl.Cc1ccc(-c2ccc(C)c(O)c2)cc1O.Cc1ccc(-c2ccc(C)cc2C(F)(F)F)c(C)c1.Cc1ccc(-c2ccc(C)cc2S(=O)(=O)O)c(S(=O)(=O)O)c1. The van der Waals surface area contributed by atoms with Crippen molar-refractivity contribution in [1.82, 2.24) is 0 Å². The number of aliphatic hydroxyl groups is 1. The van der Waals surface area contributed by atoms with Crippen molar-refractivity contribution >= 4 is 66.6 Å². The summed E-state index contributed by atoms with van der Waals surface area (Å²) in [5.74, 6) is -14.9. The smallest absolute Gasteiger partial charge is 0.417 e. The fourth-order valence-corrected chi connectivity index (χ4v) is 16.6. The molecule has 14 aromatic carbocycles. The normalized spacial score (nSPS) is 11.1. The number of phenols is 2. The maximum absolute atomic E-state index is 13.8. The van der Waals surface area contributed by atoms with Gasteiger partial charge in [-0.25, -0.2) is 35.1 Å². The molecule has 0 aliphatic heterocycles. The van der Waals surface area contributed by atoms with Crippen LogP contribution >= 0.6 is 46.4 Å². The molecule has 700 valence electrons. The van der Waals surface area contributed by atoms with E-state index >= 15 is 0 Å². The maximum atomic E-state index is 13.8. The fourth-order valence-electron chi connectivity index (χ4n) is 14.0. The summed E-state index contributed by atoms with van der Waals surface area (Å²) in [4.78, 5) is -0.831. The van der Waals surface area contributed by atoms with Crippen LogP contribution in [0.25, 0.3) is 77.9 Å². The minimum absolute atomic E-state index is 0.000671. The third-order valence-electron chi connectivity index (χ3n) is 22.5. The fraction of sp³-hybridized carbons (Fsp3) is 0.208. The van der Waals surface area contributed by atoms with E-state index in [4.69, 9.17) is 51.1 Å². The van der Waals surface area contributed by atoms with Gasteiger partial charge in [-0.05, 0) is 332 Å². The molecule has 0 radical (unpaired) electrons. The molecule has 14 rings (SSSR count). The third kappa shape index (κ3) is 26.2. The molecule has 0 amide bonds. The molecule has 5 N–H and O–H groups in total. The number of aromatic hydroxyl groups is 2. The molecule has 133 heavy (non-hydrogen) atoms. The van der Waals surface area contributed by atoms with E-state index in [0.29, 0.717) is 56.2 Å². The highest BCUT2D eigenvalue weighted by atomic mass is 35.5. The predicted molar refractivity (Wildman–Crippen MR) is 513 cm³/mol. The van der Waals surface area contributed by atoms with Crippen molar-refractivity contribution in [1.29, 1.82) is 0 Å². The third-order valence-corrected chi connectivity index (χ3v) is 25.7. The van der Waals surface area contributed by atoms with Gasteiger partial charge in [-0.2, -0.15) is 30.0 Å². The van der Waals surface area contributed by atoms with Gasteiger partial charge in [0.15, 0.2) is 46.5 Å². The Kier molecular flexibility index (Phi) is 35.9. The average Bonchev–Trinajstić information content (AvgIpc) is 0.746. The van der Waals surface area contributed by atoms with Crippen molar-refractivity contribution in [2.45, 2.75) is 154 Å². The number of hydrogen-bond acceptors (Lipinski definition) is 8. The lowest BCUT2D eigenvalue weighted by molar-refractivity contribution is -0.137. The quantitative estimate of drug-likeness (QED) is 0.0475. The van der Waals surface area contributed by atoms with E-state index in [1.54, 1.807) is 70.3 Å². The molecular formula is C106H99Cl4F11O10S2. The second-order valence-corrected chi connectivity index (χ2v) is 36.9. The average molecular weight is 1950 g/mol. The van der Waals surface area contributed by atoms with Crippen LogP contribution in [-0.4, -0.2) is 48.4 Å². The van der Waals surface area contributed by atoms with E-state index in [9.17, 15) is 89.6 Å². The highest BCUT2D eigenvalue weighted by molar-refractivity contribution is 7.86. The Morgan fingerprint density at radius 3 is 0.940 bits per heavy atom. The summed E-state index contributed by atoms with van der Waals surface area (Å²) in [7, 11) is -7.42. The van der Waals surface area contributed by atoms with Crippen LogP contribution in [0.15, 0.2) is 204 Å². The lowest BCUT2D eigenvalue weighted by atomic mass is 9.93. The van der Waals surface area contributed by atoms with Gasteiger partial charge in [-0.15, -0.1) is 0 Å². The number of rotatable bonds is 11. The zero-order valence-electron chi connectivity index (χ0n) is 76.4. The first kappa shape index (κ1) is 107. The summed E-state index contributed by atoms with van der Waals surface area (Å²) < 4.78 is 218. The number of phenolic OH excluding ortho intramolecular Hbond substituents is 2. The molecule has 0 saturated carbocycles. The van der Waals surface area contributed by atoms with Crippen molar-refractivity contribution in [3.05, 3.63) is 378 Å². The highest BCUT2D eigenvalue weighted by Crippen LogP contribution is 2.44. The number of halogens is 15. The number of aliphatic hydroxyl groups excluding tert-OH is 1. The first-order chi connectivity index (χ1) is 61.9. The molecule has 0 spiro atoms. The molecule has 0 heterocycles. The number of alkyl halides is 3. The summed E-state index contributed by atoms with van der Waals surface area (Å²) in [6, 6.07) is 58.1. The van der Waals surface area contributed by atoms with E-state index in [1.807, 2.05) is 140 Å². The molecule has 0 unspecified atom stereocenters. The van der Waals surface area contributed by atoms with Gasteiger partial charge < -0.3 is 20.1 Å². The molecule has 27 heteroatoms. The van der Waals surface area contributed by atoms with E-state index in [-0.39, 0.29) is 34.8 Å². The minimum atomic E-state index is -4.55. The standard InChI is InChI=1S/C18H22.C16H15F3.C16H18O2.C14H10Cl4.C14H6F8.C14H14O6S2.C14H14O2/c1-11-7-17(8-12(2)15(11)5)18-9-13(3)16(6)14(4)10-18;1-10-4-6-13(12(3)8-10)14-7-5-11(2)9-15(14)16(17,18)19;1-11-4-6-13(8-15(11)10-17)14-7-5-12(2)16(9-14)18-3;1-7-3-13(17)9(5-11(7)15)10-6-12(16)8(2)4-14(10)18;1-3-7(15)11(19)5(12(20)8(3)16)6-13(21)9(17)4(2)10(18)14(6)22;1-9-3-5-11(13(7-9)21(15,16)17)12-6-4-10(2)8-14(12)22(18,19)20;1-9-3-5-11(7-13(9)15)12-6-4-10(2)14(16)8-12/h7-10H,1-6H3;4-9H,1-3H3;4-9,17H,10H2,1-3H3;3-6H,1-2H3;1-2H3;3-8H,1-2H3,(H,15,16,17)(H,18,19,20);3-8,15-16H,1-2H3. The summed E-state index contributed by atoms with van der Waals surface area (Å²) >= 11 is 24.7. The Bertz CT molecular complexity index is 6560. The first-order valence-electron chi connectivity index (χ1n) is 41.0. The van der Waals surface area contributed by atoms with E-state index in [0.717, 1.165) is 89.2 Å². The van der Waals surface area contributed by atoms with Crippen LogP contribution in [0.5, 0.6) is 17.2 Å². The highest BCUT2D eigenvalue weighted by Gasteiger charge is 2.35.